The van der Waals surface area contributed by atoms with Crippen molar-refractivity contribution in [3.05, 3.63) is 0 Å². The lowest BCUT2D eigenvalue weighted by Gasteiger charge is -2.07. The first kappa shape index (κ1) is 8.58. The molecule has 1 rings (SSSR count). The Balaban J connectivity index is 2.63. The van der Waals surface area contributed by atoms with E-state index in [2.05, 4.69) is 14.7 Å². The molecule has 0 radical (unpaired) electrons. The first-order valence-corrected chi connectivity index (χ1v) is 3.52. The van der Waals surface area contributed by atoms with Gasteiger partial charge in [-0.1, -0.05) is 0 Å². The molecule has 0 spiro atoms. The summed E-state index contributed by atoms with van der Waals surface area (Å²) in [5.74, 6) is -2.07. The monoisotopic (exact) mass is 168 g/mol. The minimum absolute atomic E-state index is 0.250. The molecule has 64 valence electrons. The second kappa shape index (κ2) is 3.75. The fraction of sp³-hybridized carbons (Fsp3) is 0.429. The SMILES string of the molecule is CCOC(=O)[C@@H]1C=NC=NC1=O. The fourth-order valence-electron chi connectivity index (χ4n) is 0.753. The molecule has 0 aromatic carbocycles. The summed E-state index contributed by atoms with van der Waals surface area (Å²) in [7, 11) is 0. The maximum atomic E-state index is 11.0. The van der Waals surface area contributed by atoms with Gasteiger partial charge in [0.2, 0.25) is 0 Å². The van der Waals surface area contributed by atoms with Gasteiger partial charge in [0.1, 0.15) is 6.34 Å². The third kappa shape index (κ3) is 1.75. The molecule has 12 heavy (non-hydrogen) atoms. The van der Waals surface area contributed by atoms with E-state index < -0.39 is 17.8 Å². The minimum Gasteiger partial charge on any atom is -0.465 e. The molecule has 0 aromatic heterocycles. The van der Waals surface area contributed by atoms with E-state index in [4.69, 9.17) is 0 Å². The number of hydrogen-bond donors (Lipinski definition) is 0. The highest BCUT2D eigenvalue weighted by molar-refractivity contribution is 6.15. The summed E-state index contributed by atoms with van der Waals surface area (Å²) in [5.41, 5.74) is 0. The van der Waals surface area contributed by atoms with Crippen LogP contribution in [0.1, 0.15) is 6.92 Å². The van der Waals surface area contributed by atoms with Gasteiger partial charge in [-0.15, -0.1) is 0 Å². The van der Waals surface area contributed by atoms with Gasteiger partial charge >= 0.3 is 5.97 Å². The number of ether oxygens (including phenoxy) is 1. The predicted molar refractivity (Wildman–Crippen MR) is 42.1 cm³/mol. The van der Waals surface area contributed by atoms with Gasteiger partial charge in [0.15, 0.2) is 5.92 Å². The molecule has 1 aliphatic heterocycles. The van der Waals surface area contributed by atoms with Crippen LogP contribution in [0.2, 0.25) is 0 Å². The molecule has 0 fully saturated rings. The Bertz CT molecular complexity index is 257. The van der Waals surface area contributed by atoms with Gasteiger partial charge in [-0.3, -0.25) is 9.59 Å². The molecule has 0 aromatic rings. The quantitative estimate of drug-likeness (QED) is 0.423. The summed E-state index contributed by atoms with van der Waals surface area (Å²) >= 11 is 0. The van der Waals surface area contributed by atoms with Gasteiger partial charge < -0.3 is 4.74 Å². The Morgan fingerprint density at radius 1 is 1.75 bits per heavy atom. The van der Waals surface area contributed by atoms with Crippen LogP contribution in [0.15, 0.2) is 9.98 Å². The van der Waals surface area contributed by atoms with Gasteiger partial charge in [-0.05, 0) is 6.92 Å². The van der Waals surface area contributed by atoms with Gasteiger partial charge in [0.25, 0.3) is 5.91 Å². The van der Waals surface area contributed by atoms with Crippen molar-refractivity contribution in [1.29, 1.82) is 0 Å². The minimum atomic E-state index is -0.949. The van der Waals surface area contributed by atoms with E-state index in [0.29, 0.717) is 0 Å². The highest BCUT2D eigenvalue weighted by atomic mass is 16.5. The van der Waals surface area contributed by atoms with E-state index in [-0.39, 0.29) is 6.61 Å². The standard InChI is InChI=1S/C7H8N2O3/c1-2-12-7(11)5-3-8-4-9-6(5)10/h3-5H,2H2,1H3/t5-/m1/s1. The molecular weight excluding hydrogens is 160 g/mol. The Kier molecular flexibility index (Phi) is 2.68. The van der Waals surface area contributed by atoms with Crippen LogP contribution in [0.4, 0.5) is 0 Å². The zero-order valence-electron chi connectivity index (χ0n) is 6.56. The lowest BCUT2D eigenvalue weighted by atomic mass is 10.1. The highest BCUT2D eigenvalue weighted by Crippen LogP contribution is 2.02. The van der Waals surface area contributed by atoms with E-state index in [9.17, 15) is 9.59 Å². The van der Waals surface area contributed by atoms with Crippen molar-refractivity contribution in [2.75, 3.05) is 6.61 Å². The van der Waals surface area contributed by atoms with Crippen LogP contribution in [0.5, 0.6) is 0 Å². The molecule has 0 N–H and O–H groups in total. The van der Waals surface area contributed by atoms with Crippen LogP contribution in [0.25, 0.3) is 0 Å². The molecular formula is C7H8N2O3. The van der Waals surface area contributed by atoms with Crippen LogP contribution in [-0.4, -0.2) is 31.0 Å². The normalized spacial score (nSPS) is 21.1. The molecule has 1 atom stereocenters. The van der Waals surface area contributed by atoms with Crippen LogP contribution < -0.4 is 0 Å². The van der Waals surface area contributed by atoms with Gasteiger partial charge in [-0.25, -0.2) is 9.98 Å². The average Bonchev–Trinajstić information content (AvgIpc) is 2.05. The van der Waals surface area contributed by atoms with Crippen molar-refractivity contribution >= 4 is 24.4 Å². The molecule has 0 saturated heterocycles. The van der Waals surface area contributed by atoms with E-state index in [1.54, 1.807) is 6.92 Å². The summed E-state index contributed by atoms with van der Waals surface area (Å²) in [6.07, 6.45) is 2.34. The van der Waals surface area contributed by atoms with E-state index in [0.717, 1.165) is 6.34 Å². The number of amides is 1. The number of nitrogens with zero attached hydrogens (tertiary/aromatic N) is 2. The summed E-state index contributed by atoms with van der Waals surface area (Å²) in [6, 6.07) is 0. The van der Waals surface area contributed by atoms with Crippen molar-refractivity contribution < 1.29 is 14.3 Å². The number of rotatable bonds is 2. The summed E-state index contributed by atoms with van der Waals surface area (Å²) in [6.45, 7) is 1.92. The average molecular weight is 168 g/mol. The largest absolute Gasteiger partial charge is 0.465 e. The number of esters is 1. The molecule has 1 aliphatic rings. The van der Waals surface area contributed by atoms with E-state index in [1.807, 2.05) is 0 Å². The first-order chi connectivity index (χ1) is 5.75. The Labute approximate surface area is 69.2 Å². The molecule has 0 aliphatic carbocycles. The van der Waals surface area contributed by atoms with Gasteiger partial charge in [0.05, 0.1) is 6.61 Å². The maximum absolute atomic E-state index is 11.0. The zero-order chi connectivity index (χ0) is 8.97. The summed E-state index contributed by atoms with van der Waals surface area (Å²) < 4.78 is 4.63. The topological polar surface area (TPSA) is 68.1 Å². The Morgan fingerprint density at radius 3 is 3.08 bits per heavy atom. The maximum Gasteiger partial charge on any atom is 0.324 e. The number of aliphatic imine (C=N–C) groups is 2. The molecule has 5 nitrogen and oxygen atoms in total. The highest BCUT2D eigenvalue weighted by Gasteiger charge is 2.26. The van der Waals surface area contributed by atoms with Crippen LogP contribution in [-0.2, 0) is 14.3 Å². The predicted octanol–water partition coefficient (Wildman–Crippen LogP) is -0.195. The Morgan fingerprint density at radius 2 is 2.50 bits per heavy atom. The molecule has 1 amide bonds. The number of carbonyl (C=O) groups excluding carboxylic acids is 2. The first-order valence-electron chi connectivity index (χ1n) is 3.52. The molecule has 0 bridgehead atoms. The summed E-state index contributed by atoms with van der Waals surface area (Å²) in [4.78, 5) is 28.8. The van der Waals surface area contributed by atoms with Crippen molar-refractivity contribution in [3.8, 4) is 0 Å². The van der Waals surface area contributed by atoms with Gasteiger partial charge in [0, 0.05) is 6.21 Å². The van der Waals surface area contributed by atoms with Crippen molar-refractivity contribution in [1.82, 2.24) is 0 Å². The van der Waals surface area contributed by atoms with E-state index in [1.165, 1.54) is 6.21 Å². The lowest BCUT2D eigenvalue weighted by Crippen LogP contribution is -2.28. The number of carbonyl (C=O) groups is 2. The van der Waals surface area contributed by atoms with E-state index >= 15 is 0 Å². The Hall–Kier alpha value is -1.52. The second-order valence-electron chi connectivity index (χ2n) is 2.11. The van der Waals surface area contributed by atoms with Gasteiger partial charge in [-0.2, -0.15) is 0 Å². The van der Waals surface area contributed by atoms with Crippen molar-refractivity contribution in [2.24, 2.45) is 15.9 Å². The second-order valence-corrected chi connectivity index (χ2v) is 2.11. The van der Waals surface area contributed by atoms with Crippen LogP contribution in [0, 0.1) is 5.92 Å². The smallest absolute Gasteiger partial charge is 0.324 e. The third-order valence-corrected chi connectivity index (χ3v) is 1.29. The molecule has 5 heteroatoms. The van der Waals surface area contributed by atoms with Crippen molar-refractivity contribution in [2.45, 2.75) is 6.92 Å². The molecule has 1 heterocycles. The van der Waals surface area contributed by atoms with Crippen LogP contribution >= 0.6 is 0 Å². The third-order valence-electron chi connectivity index (χ3n) is 1.29. The zero-order valence-corrected chi connectivity index (χ0v) is 6.56. The fourth-order valence-corrected chi connectivity index (χ4v) is 0.753. The number of hydrogen-bond acceptors (Lipinski definition) is 4. The summed E-state index contributed by atoms with van der Waals surface area (Å²) in [5, 5.41) is 0. The van der Waals surface area contributed by atoms with Crippen molar-refractivity contribution in [3.63, 3.8) is 0 Å². The molecule has 0 unspecified atom stereocenters. The van der Waals surface area contributed by atoms with Crippen LogP contribution in [0.3, 0.4) is 0 Å². The lowest BCUT2D eigenvalue weighted by molar-refractivity contribution is -0.148. The molecule has 0 saturated carbocycles.